The van der Waals surface area contributed by atoms with E-state index in [1.807, 2.05) is 0 Å². The van der Waals surface area contributed by atoms with E-state index in [2.05, 4.69) is 65.0 Å². The van der Waals surface area contributed by atoms with Crippen LogP contribution in [0.1, 0.15) is 38.2 Å². The lowest BCUT2D eigenvalue weighted by atomic mass is 9.96. The highest BCUT2D eigenvalue weighted by molar-refractivity contribution is 9.09. The largest absolute Gasteiger partial charge is 0.304 e. The smallest absolute Gasteiger partial charge is 0.0100 e. The Hall–Kier alpha value is -0.123. The van der Waals surface area contributed by atoms with Crippen molar-refractivity contribution in [2.45, 2.75) is 32.6 Å². The summed E-state index contributed by atoms with van der Waals surface area (Å²) >= 11 is 3.64. The number of rotatable bonds is 8. The van der Waals surface area contributed by atoms with Crippen molar-refractivity contribution in [2.24, 2.45) is 0 Å². The fourth-order valence-electron chi connectivity index (χ4n) is 2.16. The molecule has 3 heteroatoms. The first-order valence-electron chi connectivity index (χ1n) is 6.65. The molecule has 0 amide bonds. The van der Waals surface area contributed by atoms with E-state index in [9.17, 15) is 0 Å². The molecule has 0 radical (unpaired) electrons. The number of benzene rings is 1. The highest BCUT2D eigenvalue weighted by Gasteiger charge is 2.09. The second-order valence-electron chi connectivity index (χ2n) is 4.43. The minimum atomic E-state index is 0. The van der Waals surface area contributed by atoms with Crippen molar-refractivity contribution in [3.05, 3.63) is 35.9 Å². The normalized spacial score (nSPS) is 12.2. The lowest BCUT2D eigenvalue weighted by molar-refractivity contribution is 0.294. The SMILES string of the molecule is CCN(CC)CCCC(CBr)c1ccccc1.[SiH4]. The maximum Gasteiger partial charge on any atom is 0.0100 e. The summed E-state index contributed by atoms with van der Waals surface area (Å²) < 4.78 is 0. The summed E-state index contributed by atoms with van der Waals surface area (Å²) in [5.74, 6) is 0.659. The van der Waals surface area contributed by atoms with Crippen molar-refractivity contribution < 1.29 is 0 Å². The van der Waals surface area contributed by atoms with Crippen LogP contribution in [-0.4, -0.2) is 40.8 Å². The summed E-state index contributed by atoms with van der Waals surface area (Å²) in [6.45, 7) is 8.04. The van der Waals surface area contributed by atoms with E-state index in [-0.39, 0.29) is 11.0 Å². The minimum absolute atomic E-state index is 0. The molecule has 1 atom stereocenters. The monoisotopic (exact) mass is 329 g/mol. The van der Waals surface area contributed by atoms with Crippen LogP contribution >= 0.6 is 15.9 Å². The van der Waals surface area contributed by atoms with Crippen molar-refractivity contribution in [1.29, 1.82) is 0 Å². The second kappa shape index (κ2) is 10.8. The van der Waals surface area contributed by atoms with Crippen LogP contribution in [0.2, 0.25) is 0 Å². The van der Waals surface area contributed by atoms with E-state index in [1.54, 1.807) is 0 Å². The predicted octanol–water partition coefficient (Wildman–Crippen LogP) is 2.84. The number of alkyl halides is 1. The Bertz CT molecular complexity index is 288. The van der Waals surface area contributed by atoms with Crippen LogP contribution in [0.4, 0.5) is 0 Å². The fourth-order valence-corrected chi connectivity index (χ4v) is 2.86. The number of halogens is 1. The lowest BCUT2D eigenvalue weighted by Crippen LogP contribution is -2.24. The van der Waals surface area contributed by atoms with Crippen LogP contribution in [0.5, 0.6) is 0 Å². The molecule has 0 N–H and O–H groups in total. The van der Waals surface area contributed by atoms with Gasteiger partial charge in [0.05, 0.1) is 0 Å². The molecule has 0 aliphatic heterocycles. The molecular formula is C15H28BrNSi. The van der Waals surface area contributed by atoms with Crippen LogP contribution in [-0.2, 0) is 0 Å². The highest BCUT2D eigenvalue weighted by atomic mass is 79.9. The van der Waals surface area contributed by atoms with Crippen molar-refractivity contribution in [3.8, 4) is 0 Å². The number of nitrogens with zero attached hydrogens (tertiary/aromatic N) is 1. The van der Waals surface area contributed by atoms with Gasteiger partial charge in [0, 0.05) is 5.33 Å². The molecule has 0 heterocycles. The first-order chi connectivity index (χ1) is 8.31. The molecule has 0 aliphatic rings. The van der Waals surface area contributed by atoms with Gasteiger partial charge in [-0.05, 0) is 54.9 Å². The Morgan fingerprint density at radius 3 is 2.22 bits per heavy atom. The van der Waals surface area contributed by atoms with Crippen LogP contribution < -0.4 is 0 Å². The van der Waals surface area contributed by atoms with Crippen LogP contribution in [0.25, 0.3) is 0 Å². The average molecular weight is 330 g/mol. The Balaban J connectivity index is 0.00000289. The molecule has 1 nitrogen and oxygen atoms in total. The Morgan fingerprint density at radius 2 is 1.72 bits per heavy atom. The first-order valence-corrected chi connectivity index (χ1v) is 7.77. The maximum absolute atomic E-state index is 3.64. The van der Waals surface area contributed by atoms with Gasteiger partial charge in [-0.1, -0.05) is 60.1 Å². The summed E-state index contributed by atoms with van der Waals surface area (Å²) in [5.41, 5.74) is 1.46. The summed E-state index contributed by atoms with van der Waals surface area (Å²) in [5, 5.41) is 1.06. The third-order valence-electron chi connectivity index (χ3n) is 3.38. The lowest BCUT2D eigenvalue weighted by Gasteiger charge is -2.20. The zero-order valence-corrected chi connectivity index (χ0v) is 12.6. The van der Waals surface area contributed by atoms with E-state index in [0.717, 1.165) is 5.33 Å². The third-order valence-corrected chi connectivity index (χ3v) is 4.16. The predicted molar refractivity (Wildman–Crippen MR) is 91.3 cm³/mol. The van der Waals surface area contributed by atoms with Gasteiger partial charge in [0.2, 0.25) is 0 Å². The molecule has 0 fully saturated rings. The van der Waals surface area contributed by atoms with E-state index in [0.29, 0.717) is 5.92 Å². The standard InChI is InChI=1S/C15H24BrN.H4Si/c1-3-17(4-2)12-8-11-15(13-16)14-9-6-5-7-10-14;/h5-7,9-10,15H,3-4,8,11-13H2,1-2H3;1H4. The Morgan fingerprint density at radius 1 is 1.11 bits per heavy atom. The van der Waals surface area contributed by atoms with Crippen molar-refractivity contribution in [3.63, 3.8) is 0 Å². The maximum atomic E-state index is 3.64. The molecule has 0 saturated heterocycles. The molecule has 1 aromatic rings. The number of hydrogen-bond acceptors (Lipinski definition) is 1. The van der Waals surface area contributed by atoms with Gasteiger partial charge in [0.1, 0.15) is 0 Å². The first kappa shape index (κ1) is 17.9. The molecular weight excluding hydrogens is 302 g/mol. The van der Waals surface area contributed by atoms with Gasteiger partial charge in [0.15, 0.2) is 0 Å². The molecule has 1 aromatic carbocycles. The zero-order chi connectivity index (χ0) is 12.5. The summed E-state index contributed by atoms with van der Waals surface area (Å²) in [7, 11) is 0. The van der Waals surface area contributed by atoms with Crippen LogP contribution in [0, 0.1) is 0 Å². The van der Waals surface area contributed by atoms with Crippen LogP contribution in [0.15, 0.2) is 30.3 Å². The summed E-state index contributed by atoms with van der Waals surface area (Å²) in [6, 6.07) is 10.8. The van der Waals surface area contributed by atoms with E-state index >= 15 is 0 Å². The molecule has 104 valence electrons. The van der Waals surface area contributed by atoms with Gasteiger partial charge in [-0.15, -0.1) is 0 Å². The van der Waals surface area contributed by atoms with Crippen molar-refractivity contribution in [2.75, 3.05) is 25.0 Å². The Kier molecular flexibility index (Phi) is 10.7. The van der Waals surface area contributed by atoms with Gasteiger partial charge in [-0.25, -0.2) is 0 Å². The third kappa shape index (κ3) is 6.16. The summed E-state index contributed by atoms with van der Waals surface area (Å²) in [6.07, 6.45) is 2.55. The molecule has 18 heavy (non-hydrogen) atoms. The van der Waals surface area contributed by atoms with Gasteiger partial charge in [0.25, 0.3) is 0 Å². The molecule has 1 rings (SSSR count). The van der Waals surface area contributed by atoms with Gasteiger partial charge < -0.3 is 4.90 Å². The molecule has 0 saturated carbocycles. The van der Waals surface area contributed by atoms with Gasteiger partial charge in [-0.3, -0.25) is 0 Å². The van der Waals surface area contributed by atoms with Crippen molar-refractivity contribution >= 4 is 26.9 Å². The van der Waals surface area contributed by atoms with E-state index in [1.165, 1.54) is 38.0 Å². The quantitative estimate of drug-likeness (QED) is 0.523. The average Bonchev–Trinajstić information content (AvgIpc) is 2.40. The van der Waals surface area contributed by atoms with Gasteiger partial charge >= 0.3 is 0 Å². The second-order valence-corrected chi connectivity index (χ2v) is 5.08. The molecule has 0 aromatic heterocycles. The molecule has 0 aliphatic carbocycles. The summed E-state index contributed by atoms with van der Waals surface area (Å²) in [4.78, 5) is 2.50. The fraction of sp³-hybridized carbons (Fsp3) is 0.600. The molecule has 1 unspecified atom stereocenters. The van der Waals surface area contributed by atoms with E-state index in [4.69, 9.17) is 0 Å². The minimum Gasteiger partial charge on any atom is -0.304 e. The topological polar surface area (TPSA) is 3.24 Å². The highest BCUT2D eigenvalue weighted by Crippen LogP contribution is 2.23. The zero-order valence-electron chi connectivity index (χ0n) is 11.0. The van der Waals surface area contributed by atoms with Gasteiger partial charge in [-0.2, -0.15) is 0 Å². The van der Waals surface area contributed by atoms with E-state index < -0.39 is 0 Å². The van der Waals surface area contributed by atoms with Crippen molar-refractivity contribution in [1.82, 2.24) is 4.90 Å². The molecule has 0 bridgehead atoms. The molecule has 0 spiro atoms. The number of hydrogen-bond donors (Lipinski definition) is 0. The Labute approximate surface area is 125 Å². The van der Waals surface area contributed by atoms with Crippen LogP contribution in [0.3, 0.4) is 0 Å².